The summed E-state index contributed by atoms with van der Waals surface area (Å²) in [4.78, 5) is 19.7. The molecule has 2 aliphatic rings. The van der Waals surface area contributed by atoms with Gasteiger partial charge in [-0.3, -0.25) is 4.79 Å². The minimum Gasteiger partial charge on any atom is -0.497 e. The Morgan fingerprint density at radius 2 is 1.71 bits per heavy atom. The second-order valence-corrected chi connectivity index (χ2v) is 9.54. The minimum absolute atomic E-state index is 0.0639. The molecule has 3 aromatic carbocycles. The third-order valence-corrected chi connectivity index (χ3v) is 6.84. The number of hydrogen-bond donors (Lipinski definition) is 0. The van der Waals surface area contributed by atoms with Crippen LogP contribution in [0.4, 0.5) is 10.5 Å². The van der Waals surface area contributed by atoms with Gasteiger partial charge in [0.05, 0.1) is 23.8 Å². The van der Waals surface area contributed by atoms with Crippen LogP contribution in [0.5, 0.6) is 5.75 Å². The number of rotatable bonds is 5. The number of thioether (sulfide) groups is 1. The number of amidine groups is 1. The molecule has 2 aliphatic heterocycles. The maximum atomic E-state index is 12.5. The molecule has 7 heteroatoms. The first-order valence-electron chi connectivity index (χ1n) is 11.4. The van der Waals surface area contributed by atoms with Gasteiger partial charge >= 0.3 is 5.24 Å². The average molecular weight is 483 g/mol. The molecular formula is C28H26N4O2S. The molecule has 0 radical (unpaired) electrons. The van der Waals surface area contributed by atoms with Crippen molar-refractivity contribution in [3.8, 4) is 5.75 Å². The second kappa shape index (κ2) is 9.80. The zero-order chi connectivity index (χ0) is 24.4. The third kappa shape index (κ3) is 4.86. The van der Waals surface area contributed by atoms with E-state index in [1.807, 2.05) is 67.6 Å². The van der Waals surface area contributed by atoms with E-state index >= 15 is 0 Å². The number of amides is 1. The monoisotopic (exact) mass is 482 g/mol. The van der Waals surface area contributed by atoms with Gasteiger partial charge in [-0.1, -0.05) is 54.6 Å². The first kappa shape index (κ1) is 22.9. The summed E-state index contributed by atoms with van der Waals surface area (Å²) in [5, 5.41) is 6.68. The van der Waals surface area contributed by atoms with Gasteiger partial charge in [0.15, 0.2) is 5.84 Å². The Hall–Kier alpha value is -3.84. The van der Waals surface area contributed by atoms with Crippen LogP contribution in [0.2, 0.25) is 0 Å². The average Bonchev–Trinajstić information content (AvgIpc) is 3.48. The Morgan fingerprint density at radius 3 is 2.37 bits per heavy atom. The topological polar surface area (TPSA) is 57.5 Å². The Morgan fingerprint density at radius 1 is 1.00 bits per heavy atom. The number of benzene rings is 3. The molecule has 5 rings (SSSR count). The lowest BCUT2D eigenvalue weighted by Gasteiger charge is -2.24. The molecule has 0 fully saturated rings. The molecule has 35 heavy (non-hydrogen) atoms. The second-order valence-electron chi connectivity index (χ2n) is 8.55. The molecule has 0 saturated carbocycles. The molecule has 0 spiro atoms. The van der Waals surface area contributed by atoms with E-state index in [-0.39, 0.29) is 11.3 Å². The minimum atomic E-state index is -0.232. The van der Waals surface area contributed by atoms with Crippen molar-refractivity contribution in [3.63, 3.8) is 0 Å². The van der Waals surface area contributed by atoms with E-state index in [4.69, 9.17) is 9.84 Å². The number of anilines is 1. The van der Waals surface area contributed by atoms with Crippen molar-refractivity contribution in [2.75, 3.05) is 26.1 Å². The van der Waals surface area contributed by atoms with Crippen LogP contribution in [0.15, 0.2) is 93.9 Å². The number of hydrogen-bond acceptors (Lipinski definition) is 6. The number of carbonyl (C=O) groups excluding carboxylic acids is 1. The molecule has 6 nitrogen and oxygen atoms in total. The molecule has 2 heterocycles. The Balaban J connectivity index is 1.53. The summed E-state index contributed by atoms with van der Waals surface area (Å²) in [5.74, 6) is 1.37. The van der Waals surface area contributed by atoms with Gasteiger partial charge in [0, 0.05) is 26.2 Å². The number of hydrazone groups is 1. The standard InChI is InChI=1S/C28H26N4O2S/c1-31(2)22-13-11-21(12-14-22)25-18-24(20-7-5-4-6-8-20)30-32(25)27-26(35-28(33)29-27)17-19-9-15-23(34-3)16-10-19/h4-17,25H,18H2,1-3H3/b26-17-. The molecule has 0 saturated heterocycles. The molecule has 1 amide bonds. The van der Waals surface area contributed by atoms with Crippen molar-refractivity contribution in [1.29, 1.82) is 0 Å². The van der Waals surface area contributed by atoms with Crippen LogP contribution in [0.25, 0.3) is 6.08 Å². The molecule has 3 aromatic rings. The highest BCUT2D eigenvalue weighted by atomic mass is 32.2. The fraction of sp³-hybridized carbons (Fsp3) is 0.179. The van der Waals surface area contributed by atoms with Gasteiger partial charge in [-0.2, -0.15) is 10.1 Å². The summed E-state index contributed by atoms with van der Waals surface area (Å²) in [5.41, 5.74) is 5.27. The Bertz CT molecular complexity index is 1310. The lowest BCUT2D eigenvalue weighted by Crippen LogP contribution is -2.26. The van der Waals surface area contributed by atoms with Gasteiger partial charge in [0.2, 0.25) is 0 Å². The molecule has 176 valence electrons. The summed E-state index contributed by atoms with van der Waals surface area (Å²) in [6, 6.07) is 26.3. The van der Waals surface area contributed by atoms with Gasteiger partial charge in [0.1, 0.15) is 5.75 Å². The summed E-state index contributed by atoms with van der Waals surface area (Å²) < 4.78 is 5.27. The van der Waals surface area contributed by atoms with Crippen LogP contribution in [0.1, 0.15) is 29.2 Å². The SMILES string of the molecule is COc1ccc(/C=C2\SC(=O)N=C2N2N=C(c3ccccc3)CC2c2ccc(N(C)C)cc2)cc1. The van der Waals surface area contributed by atoms with Gasteiger partial charge in [0.25, 0.3) is 0 Å². The van der Waals surface area contributed by atoms with Crippen LogP contribution in [0.3, 0.4) is 0 Å². The predicted molar refractivity (Wildman–Crippen MR) is 144 cm³/mol. The largest absolute Gasteiger partial charge is 0.497 e. The molecular weight excluding hydrogens is 456 g/mol. The summed E-state index contributed by atoms with van der Waals surface area (Å²) in [6.45, 7) is 0. The molecule has 0 N–H and O–H groups in total. The van der Waals surface area contributed by atoms with Crippen LogP contribution in [-0.4, -0.2) is 43.0 Å². The predicted octanol–water partition coefficient (Wildman–Crippen LogP) is 6.22. The quantitative estimate of drug-likeness (QED) is 0.432. The number of ether oxygens (including phenoxy) is 1. The van der Waals surface area contributed by atoms with E-state index in [9.17, 15) is 4.79 Å². The van der Waals surface area contributed by atoms with E-state index in [1.54, 1.807) is 7.11 Å². The van der Waals surface area contributed by atoms with E-state index in [1.165, 1.54) is 0 Å². The highest BCUT2D eigenvalue weighted by Crippen LogP contribution is 2.40. The zero-order valence-corrected chi connectivity index (χ0v) is 20.7. The van der Waals surface area contributed by atoms with Gasteiger partial charge in [-0.05, 0) is 58.8 Å². The third-order valence-electron chi connectivity index (χ3n) is 6.06. The molecule has 1 unspecified atom stereocenters. The number of nitrogens with zero attached hydrogens (tertiary/aromatic N) is 4. The molecule has 0 aliphatic carbocycles. The van der Waals surface area contributed by atoms with Crippen molar-refractivity contribution in [2.24, 2.45) is 10.1 Å². The van der Waals surface area contributed by atoms with Crippen molar-refractivity contribution in [1.82, 2.24) is 5.01 Å². The summed E-state index contributed by atoms with van der Waals surface area (Å²) in [6.07, 6.45) is 2.70. The number of carbonyl (C=O) groups is 1. The fourth-order valence-corrected chi connectivity index (χ4v) is 4.92. The van der Waals surface area contributed by atoms with Crippen molar-refractivity contribution >= 4 is 40.3 Å². The van der Waals surface area contributed by atoms with Gasteiger partial charge < -0.3 is 9.64 Å². The Kier molecular flexibility index (Phi) is 6.42. The van der Waals surface area contributed by atoms with Gasteiger partial charge in [-0.15, -0.1) is 0 Å². The zero-order valence-electron chi connectivity index (χ0n) is 19.9. The number of aliphatic imine (C=N–C) groups is 1. The maximum absolute atomic E-state index is 12.5. The fourth-order valence-electron chi connectivity index (χ4n) is 4.18. The molecule has 1 atom stereocenters. The van der Waals surface area contributed by atoms with Crippen LogP contribution < -0.4 is 9.64 Å². The van der Waals surface area contributed by atoms with Crippen LogP contribution in [0, 0.1) is 0 Å². The van der Waals surface area contributed by atoms with Crippen molar-refractivity contribution in [3.05, 3.63) is 100 Å². The van der Waals surface area contributed by atoms with Crippen molar-refractivity contribution in [2.45, 2.75) is 12.5 Å². The van der Waals surface area contributed by atoms with Crippen LogP contribution >= 0.6 is 11.8 Å². The lowest BCUT2D eigenvalue weighted by molar-refractivity contribution is 0.267. The Labute approximate surface area is 209 Å². The van der Waals surface area contributed by atoms with E-state index < -0.39 is 0 Å². The smallest absolute Gasteiger partial charge is 0.311 e. The highest BCUT2D eigenvalue weighted by Gasteiger charge is 2.36. The van der Waals surface area contributed by atoms with E-state index in [0.717, 1.165) is 56.9 Å². The molecule has 0 aromatic heterocycles. The van der Waals surface area contributed by atoms with E-state index in [0.29, 0.717) is 5.84 Å². The first-order chi connectivity index (χ1) is 17.0. The summed E-state index contributed by atoms with van der Waals surface area (Å²) >= 11 is 1.14. The van der Waals surface area contributed by atoms with Crippen LogP contribution in [-0.2, 0) is 0 Å². The summed E-state index contributed by atoms with van der Waals surface area (Å²) in [7, 11) is 5.70. The number of methoxy groups -OCH3 is 1. The highest BCUT2D eigenvalue weighted by molar-refractivity contribution is 8.18. The maximum Gasteiger partial charge on any atom is 0.311 e. The normalized spacial score (nSPS) is 18.6. The van der Waals surface area contributed by atoms with Crippen molar-refractivity contribution < 1.29 is 9.53 Å². The van der Waals surface area contributed by atoms with Gasteiger partial charge in [-0.25, -0.2) is 5.01 Å². The van der Waals surface area contributed by atoms with E-state index in [2.05, 4.69) is 46.3 Å². The lowest BCUT2D eigenvalue weighted by atomic mass is 9.98. The first-order valence-corrected chi connectivity index (χ1v) is 12.2. The molecule has 0 bridgehead atoms.